The van der Waals surface area contributed by atoms with Crippen LogP contribution in [-0.4, -0.2) is 54.5 Å². The first kappa shape index (κ1) is 20.4. The number of hydrogen-bond donors (Lipinski definition) is 3. The van der Waals surface area contributed by atoms with Crippen molar-refractivity contribution in [2.24, 2.45) is 11.1 Å². The number of nitrogens with zero attached hydrogens (tertiary/aromatic N) is 1. The van der Waals surface area contributed by atoms with E-state index in [-0.39, 0.29) is 31.9 Å². The Morgan fingerprint density at radius 2 is 2.15 bits per heavy atom. The van der Waals surface area contributed by atoms with Crippen molar-refractivity contribution < 1.29 is 24.2 Å². The molecule has 0 saturated heterocycles. The maximum atomic E-state index is 12.8. The van der Waals surface area contributed by atoms with E-state index in [1.807, 2.05) is 6.07 Å². The lowest BCUT2D eigenvalue weighted by Gasteiger charge is -2.38. The Balaban J connectivity index is 2.34. The van der Waals surface area contributed by atoms with Crippen molar-refractivity contribution in [3.8, 4) is 5.75 Å². The minimum absolute atomic E-state index is 0.0860. The van der Waals surface area contributed by atoms with E-state index < -0.39 is 23.1 Å². The van der Waals surface area contributed by atoms with Crippen LogP contribution in [0, 0.1) is 5.41 Å². The number of primary amides is 1. The van der Waals surface area contributed by atoms with Gasteiger partial charge in [-0.3, -0.25) is 14.4 Å². The quantitative estimate of drug-likeness (QED) is 0.550. The first-order chi connectivity index (χ1) is 12.9. The summed E-state index contributed by atoms with van der Waals surface area (Å²) in [4.78, 5) is 38.5. The number of likely N-dealkylation sites (N-methyl/N-ethyl adjacent to an activating group) is 1. The molecule has 8 nitrogen and oxygen atoms in total. The Bertz CT molecular complexity index is 761. The molecule has 1 aromatic rings. The summed E-state index contributed by atoms with van der Waals surface area (Å²) in [5, 5.41) is 11.3. The SMILES string of the molecule is CCC1(C(N)=O)C=C(C(=O)NC)C(=O)N(Cc2cccc(OCCO)c2)C1. The van der Waals surface area contributed by atoms with Crippen molar-refractivity contribution in [3.05, 3.63) is 41.5 Å². The van der Waals surface area contributed by atoms with Gasteiger partial charge >= 0.3 is 0 Å². The number of amides is 3. The number of hydrogen-bond acceptors (Lipinski definition) is 5. The van der Waals surface area contributed by atoms with Crippen molar-refractivity contribution >= 4 is 17.7 Å². The minimum Gasteiger partial charge on any atom is -0.491 e. The van der Waals surface area contributed by atoms with Crippen LogP contribution in [0.4, 0.5) is 0 Å². The molecule has 3 amide bonds. The third-order valence-corrected chi connectivity index (χ3v) is 4.64. The first-order valence-electron chi connectivity index (χ1n) is 8.73. The number of aliphatic hydroxyl groups is 1. The molecule has 0 saturated carbocycles. The van der Waals surface area contributed by atoms with Crippen LogP contribution < -0.4 is 15.8 Å². The summed E-state index contributed by atoms with van der Waals surface area (Å²) in [6.07, 6.45) is 1.76. The lowest BCUT2D eigenvalue weighted by atomic mass is 9.78. The molecular weight excluding hydrogens is 350 g/mol. The van der Waals surface area contributed by atoms with E-state index in [1.165, 1.54) is 18.0 Å². The maximum Gasteiger partial charge on any atom is 0.259 e. The molecule has 0 radical (unpaired) electrons. The second-order valence-electron chi connectivity index (χ2n) is 6.39. The highest BCUT2D eigenvalue weighted by molar-refractivity contribution is 6.19. The molecule has 0 fully saturated rings. The summed E-state index contributed by atoms with van der Waals surface area (Å²) in [7, 11) is 1.43. The number of aliphatic hydroxyl groups excluding tert-OH is 1. The Hall–Kier alpha value is -2.87. The van der Waals surface area contributed by atoms with Crippen LogP contribution in [0.5, 0.6) is 5.75 Å². The summed E-state index contributed by atoms with van der Waals surface area (Å²) in [6, 6.07) is 7.08. The van der Waals surface area contributed by atoms with Gasteiger partial charge in [-0.2, -0.15) is 0 Å². The molecule has 1 atom stereocenters. The summed E-state index contributed by atoms with van der Waals surface area (Å²) in [5.41, 5.74) is 5.19. The normalized spacial score (nSPS) is 19.4. The molecule has 8 heteroatoms. The average Bonchev–Trinajstić information content (AvgIpc) is 2.67. The summed E-state index contributed by atoms with van der Waals surface area (Å²) < 4.78 is 5.39. The topological polar surface area (TPSA) is 122 Å². The molecule has 1 aromatic carbocycles. The van der Waals surface area contributed by atoms with Gasteiger partial charge in [0.25, 0.3) is 11.8 Å². The molecule has 1 unspecified atom stereocenters. The van der Waals surface area contributed by atoms with E-state index in [0.29, 0.717) is 12.2 Å². The second-order valence-corrected chi connectivity index (χ2v) is 6.39. The van der Waals surface area contributed by atoms with Crippen molar-refractivity contribution in [3.63, 3.8) is 0 Å². The van der Waals surface area contributed by atoms with Gasteiger partial charge in [-0.15, -0.1) is 0 Å². The molecule has 27 heavy (non-hydrogen) atoms. The zero-order valence-electron chi connectivity index (χ0n) is 15.5. The van der Waals surface area contributed by atoms with Crippen LogP contribution >= 0.6 is 0 Å². The zero-order valence-corrected chi connectivity index (χ0v) is 15.5. The molecule has 1 aliphatic heterocycles. The van der Waals surface area contributed by atoms with Gasteiger partial charge in [-0.1, -0.05) is 19.1 Å². The molecule has 0 aliphatic carbocycles. The molecule has 4 N–H and O–H groups in total. The van der Waals surface area contributed by atoms with Crippen molar-refractivity contribution in [1.82, 2.24) is 10.2 Å². The number of nitrogens with one attached hydrogen (secondary N) is 1. The van der Waals surface area contributed by atoms with Crippen LogP contribution in [0.15, 0.2) is 35.9 Å². The van der Waals surface area contributed by atoms with Gasteiger partial charge in [-0.25, -0.2) is 0 Å². The van der Waals surface area contributed by atoms with Crippen molar-refractivity contribution in [2.45, 2.75) is 19.9 Å². The molecule has 1 aliphatic rings. The molecule has 1 heterocycles. The number of carbonyl (C=O) groups is 3. The van der Waals surface area contributed by atoms with Crippen LogP contribution in [0.25, 0.3) is 0 Å². The highest BCUT2D eigenvalue weighted by atomic mass is 16.5. The zero-order chi connectivity index (χ0) is 20.0. The fourth-order valence-electron chi connectivity index (χ4n) is 3.05. The molecule has 2 rings (SSSR count). The predicted octanol–water partition coefficient (Wildman–Crippen LogP) is -0.0460. The molecule has 0 spiro atoms. The Kier molecular flexibility index (Phi) is 6.57. The lowest BCUT2D eigenvalue weighted by Crippen LogP contribution is -2.52. The summed E-state index contributed by atoms with van der Waals surface area (Å²) >= 11 is 0. The molecule has 0 aromatic heterocycles. The number of benzene rings is 1. The van der Waals surface area contributed by atoms with Crippen LogP contribution in [0.2, 0.25) is 0 Å². The van der Waals surface area contributed by atoms with Gasteiger partial charge in [0.2, 0.25) is 5.91 Å². The monoisotopic (exact) mass is 375 g/mol. The van der Waals surface area contributed by atoms with Gasteiger partial charge in [0.1, 0.15) is 17.9 Å². The van der Waals surface area contributed by atoms with E-state index >= 15 is 0 Å². The van der Waals surface area contributed by atoms with Gasteiger partial charge in [0, 0.05) is 20.1 Å². The third-order valence-electron chi connectivity index (χ3n) is 4.64. The Morgan fingerprint density at radius 1 is 1.41 bits per heavy atom. The second kappa shape index (κ2) is 8.68. The van der Waals surface area contributed by atoms with Crippen LogP contribution in [0.3, 0.4) is 0 Å². The third kappa shape index (κ3) is 4.46. The van der Waals surface area contributed by atoms with E-state index in [4.69, 9.17) is 15.6 Å². The van der Waals surface area contributed by atoms with Crippen molar-refractivity contribution in [2.75, 3.05) is 26.8 Å². The Labute approximate surface area is 158 Å². The van der Waals surface area contributed by atoms with Crippen molar-refractivity contribution in [1.29, 1.82) is 0 Å². The largest absolute Gasteiger partial charge is 0.491 e. The summed E-state index contributed by atoms with van der Waals surface area (Å²) in [5.74, 6) is -1.03. The lowest BCUT2D eigenvalue weighted by molar-refractivity contribution is -0.136. The number of nitrogens with two attached hydrogens (primary N) is 1. The highest BCUT2D eigenvalue weighted by Crippen LogP contribution is 2.32. The smallest absolute Gasteiger partial charge is 0.259 e. The fourth-order valence-corrected chi connectivity index (χ4v) is 3.05. The number of ether oxygens (including phenoxy) is 1. The standard InChI is InChI=1S/C19H25N3O5/c1-3-19(18(20)26)10-15(16(24)21-2)17(25)22(12-19)11-13-5-4-6-14(9-13)27-8-7-23/h4-6,9-10,23H,3,7-8,11-12H2,1-2H3,(H2,20,26)(H,21,24). The molecule has 0 bridgehead atoms. The highest BCUT2D eigenvalue weighted by Gasteiger charge is 2.43. The molecular formula is C19H25N3O5. The van der Waals surface area contributed by atoms with E-state index in [9.17, 15) is 14.4 Å². The van der Waals surface area contributed by atoms with Gasteiger partial charge in [0.15, 0.2) is 0 Å². The minimum atomic E-state index is -1.10. The van der Waals surface area contributed by atoms with Crippen LogP contribution in [0.1, 0.15) is 18.9 Å². The van der Waals surface area contributed by atoms with E-state index in [2.05, 4.69) is 5.32 Å². The van der Waals surface area contributed by atoms with Gasteiger partial charge < -0.3 is 25.8 Å². The average molecular weight is 375 g/mol. The predicted molar refractivity (Wildman–Crippen MR) is 98.5 cm³/mol. The fraction of sp³-hybridized carbons (Fsp3) is 0.421. The van der Waals surface area contributed by atoms with E-state index in [1.54, 1.807) is 25.1 Å². The summed E-state index contributed by atoms with van der Waals surface area (Å²) in [6.45, 7) is 2.14. The van der Waals surface area contributed by atoms with Crippen LogP contribution in [-0.2, 0) is 20.9 Å². The Morgan fingerprint density at radius 3 is 2.74 bits per heavy atom. The number of rotatable bonds is 8. The van der Waals surface area contributed by atoms with E-state index in [0.717, 1.165) is 5.56 Å². The maximum absolute atomic E-state index is 12.8. The molecule has 146 valence electrons. The van der Waals surface area contributed by atoms with Gasteiger partial charge in [-0.05, 0) is 30.2 Å². The number of carbonyl (C=O) groups excluding carboxylic acids is 3. The van der Waals surface area contributed by atoms with Gasteiger partial charge in [0.05, 0.1) is 12.0 Å². The first-order valence-corrected chi connectivity index (χ1v) is 8.73.